The number of aryl methyl sites for hydroxylation is 1. The maximum Gasteiger partial charge on any atom is 0.234 e. The molecule has 152 valence electrons. The highest BCUT2D eigenvalue weighted by Gasteiger charge is 2.14. The molecule has 4 aromatic rings. The van der Waals surface area contributed by atoms with Crippen molar-refractivity contribution in [3.05, 3.63) is 89.5 Å². The number of carbonyl (C=O) groups excluding carboxylic acids is 1. The van der Waals surface area contributed by atoms with E-state index in [0.29, 0.717) is 11.7 Å². The fourth-order valence-electron chi connectivity index (χ4n) is 3.22. The number of nitrogens with one attached hydrogen (secondary N) is 1. The van der Waals surface area contributed by atoms with E-state index in [0.717, 1.165) is 34.8 Å². The van der Waals surface area contributed by atoms with E-state index in [1.165, 1.54) is 17.3 Å². The summed E-state index contributed by atoms with van der Waals surface area (Å²) in [6.45, 7) is 2.66. The number of nitrogens with zero attached hydrogens (tertiary/aromatic N) is 2. The van der Waals surface area contributed by atoms with Crippen molar-refractivity contribution in [3.8, 4) is 0 Å². The summed E-state index contributed by atoms with van der Waals surface area (Å²) >= 11 is 1.26. The van der Waals surface area contributed by atoms with Gasteiger partial charge in [-0.25, -0.2) is 13.8 Å². The number of carbonyl (C=O) groups is 1. The number of benzene rings is 3. The van der Waals surface area contributed by atoms with E-state index >= 15 is 0 Å². The number of hydrogen-bond acceptors (Lipinski definition) is 3. The Morgan fingerprint density at radius 2 is 1.90 bits per heavy atom. The smallest absolute Gasteiger partial charge is 0.234 e. The Morgan fingerprint density at radius 1 is 1.07 bits per heavy atom. The van der Waals surface area contributed by atoms with Crippen LogP contribution in [0.3, 0.4) is 0 Å². The molecule has 30 heavy (non-hydrogen) atoms. The van der Waals surface area contributed by atoms with Crippen molar-refractivity contribution in [2.75, 3.05) is 11.1 Å². The second kappa shape index (κ2) is 8.67. The quantitative estimate of drug-likeness (QED) is 0.422. The average Bonchev–Trinajstić information content (AvgIpc) is 3.07. The maximum atomic E-state index is 13.8. The van der Waals surface area contributed by atoms with Crippen LogP contribution in [0.2, 0.25) is 0 Å². The summed E-state index contributed by atoms with van der Waals surface area (Å²) in [5, 5.41) is 3.11. The van der Waals surface area contributed by atoms with Crippen LogP contribution in [0.25, 0.3) is 11.0 Å². The van der Waals surface area contributed by atoms with E-state index in [4.69, 9.17) is 0 Å². The zero-order valence-corrected chi connectivity index (χ0v) is 17.0. The molecular weight excluding hydrogens is 404 g/mol. The molecule has 0 spiro atoms. The van der Waals surface area contributed by atoms with Gasteiger partial charge >= 0.3 is 0 Å². The number of imidazole rings is 1. The molecule has 0 atom stereocenters. The SMILES string of the molecule is Cc1cccc(Cn2c(SCC(=O)Nc3cc(F)ccc3F)nc3ccccc32)c1. The second-order valence-electron chi connectivity index (χ2n) is 6.92. The van der Waals surface area contributed by atoms with E-state index in [1.807, 2.05) is 43.3 Å². The molecule has 1 heterocycles. The Balaban J connectivity index is 1.55. The number of para-hydroxylation sites is 2. The van der Waals surface area contributed by atoms with E-state index < -0.39 is 17.5 Å². The van der Waals surface area contributed by atoms with Gasteiger partial charge in [0.05, 0.1) is 29.0 Å². The van der Waals surface area contributed by atoms with Gasteiger partial charge in [0.15, 0.2) is 5.16 Å². The summed E-state index contributed by atoms with van der Waals surface area (Å²) in [6.07, 6.45) is 0. The number of aromatic nitrogens is 2. The van der Waals surface area contributed by atoms with Gasteiger partial charge in [-0.2, -0.15) is 0 Å². The number of hydrogen-bond donors (Lipinski definition) is 1. The van der Waals surface area contributed by atoms with Gasteiger partial charge < -0.3 is 9.88 Å². The normalized spacial score (nSPS) is 11.0. The summed E-state index contributed by atoms with van der Waals surface area (Å²) in [5.74, 6) is -1.70. The van der Waals surface area contributed by atoms with Gasteiger partial charge in [-0.15, -0.1) is 0 Å². The minimum atomic E-state index is -0.679. The molecule has 1 aromatic heterocycles. The van der Waals surface area contributed by atoms with Gasteiger partial charge in [-0.05, 0) is 36.8 Å². The lowest BCUT2D eigenvalue weighted by Crippen LogP contribution is -2.16. The molecule has 0 bridgehead atoms. The number of fused-ring (bicyclic) bond motifs is 1. The number of halogens is 2. The Labute approximate surface area is 176 Å². The van der Waals surface area contributed by atoms with E-state index in [9.17, 15) is 13.6 Å². The molecule has 0 saturated heterocycles. The summed E-state index contributed by atoms with van der Waals surface area (Å²) in [7, 11) is 0. The van der Waals surface area contributed by atoms with Crippen molar-refractivity contribution in [3.63, 3.8) is 0 Å². The Bertz CT molecular complexity index is 1220. The molecule has 7 heteroatoms. The van der Waals surface area contributed by atoms with Gasteiger partial charge in [-0.3, -0.25) is 4.79 Å². The third-order valence-electron chi connectivity index (χ3n) is 4.58. The van der Waals surface area contributed by atoms with Crippen molar-refractivity contribution in [1.82, 2.24) is 9.55 Å². The minimum Gasteiger partial charge on any atom is -0.323 e. The highest BCUT2D eigenvalue weighted by atomic mass is 32.2. The first-order valence-electron chi connectivity index (χ1n) is 9.38. The molecule has 4 rings (SSSR count). The van der Waals surface area contributed by atoms with Crippen molar-refractivity contribution in [2.24, 2.45) is 0 Å². The first-order valence-corrected chi connectivity index (χ1v) is 10.4. The highest BCUT2D eigenvalue weighted by Crippen LogP contribution is 2.26. The minimum absolute atomic E-state index is 0.0209. The van der Waals surface area contributed by atoms with Crippen LogP contribution in [-0.2, 0) is 11.3 Å². The zero-order valence-electron chi connectivity index (χ0n) is 16.2. The van der Waals surface area contributed by atoms with E-state index in [1.54, 1.807) is 0 Å². The number of thioether (sulfide) groups is 1. The van der Waals surface area contributed by atoms with Gasteiger partial charge in [0.25, 0.3) is 0 Å². The van der Waals surface area contributed by atoms with Gasteiger partial charge in [-0.1, -0.05) is 53.7 Å². The van der Waals surface area contributed by atoms with Crippen LogP contribution in [0.15, 0.2) is 71.9 Å². The molecule has 4 nitrogen and oxygen atoms in total. The fourth-order valence-corrected chi connectivity index (χ4v) is 4.03. The van der Waals surface area contributed by atoms with Crippen LogP contribution < -0.4 is 5.32 Å². The summed E-state index contributed by atoms with van der Waals surface area (Å²) in [5.41, 5.74) is 3.94. The Kier molecular flexibility index (Phi) is 5.81. The van der Waals surface area contributed by atoms with Gasteiger partial charge in [0, 0.05) is 6.07 Å². The van der Waals surface area contributed by atoms with E-state index in [2.05, 4.69) is 27.0 Å². The molecule has 0 fully saturated rings. The van der Waals surface area contributed by atoms with Crippen molar-refractivity contribution >= 4 is 34.4 Å². The monoisotopic (exact) mass is 423 g/mol. The average molecular weight is 423 g/mol. The molecule has 3 aromatic carbocycles. The predicted molar refractivity (Wildman–Crippen MR) is 116 cm³/mol. The van der Waals surface area contributed by atoms with Crippen LogP contribution in [0, 0.1) is 18.6 Å². The molecule has 1 N–H and O–H groups in total. The van der Waals surface area contributed by atoms with Crippen LogP contribution in [0.5, 0.6) is 0 Å². The number of amides is 1. The highest BCUT2D eigenvalue weighted by molar-refractivity contribution is 7.99. The second-order valence-corrected chi connectivity index (χ2v) is 7.86. The van der Waals surface area contributed by atoms with Crippen LogP contribution in [0.1, 0.15) is 11.1 Å². The van der Waals surface area contributed by atoms with Crippen LogP contribution in [0.4, 0.5) is 14.5 Å². The third kappa shape index (κ3) is 4.52. The van der Waals surface area contributed by atoms with Gasteiger partial charge in [0.2, 0.25) is 5.91 Å². The first-order chi connectivity index (χ1) is 14.5. The van der Waals surface area contributed by atoms with Gasteiger partial charge in [0.1, 0.15) is 11.6 Å². The standard InChI is InChI=1S/C23H19F2N3OS/c1-15-5-4-6-16(11-15)13-28-21-8-3-2-7-19(21)27-23(28)30-14-22(29)26-20-12-17(24)9-10-18(20)25/h2-12H,13-14H2,1H3,(H,26,29). The van der Waals surface area contributed by atoms with E-state index in [-0.39, 0.29) is 11.4 Å². The molecular formula is C23H19F2N3OS. The Hall–Kier alpha value is -3.19. The summed E-state index contributed by atoms with van der Waals surface area (Å²) in [4.78, 5) is 17.0. The predicted octanol–water partition coefficient (Wildman–Crippen LogP) is 5.40. The molecule has 0 unspecified atom stereocenters. The first kappa shape index (κ1) is 20.1. The molecule has 0 saturated carbocycles. The number of rotatable bonds is 6. The molecule has 0 aliphatic carbocycles. The Morgan fingerprint density at radius 3 is 2.73 bits per heavy atom. The van der Waals surface area contributed by atoms with Crippen molar-refractivity contribution < 1.29 is 13.6 Å². The molecule has 1 amide bonds. The summed E-state index contributed by atoms with van der Waals surface area (Å²) < 4.78 is 29.1. The third-order valence-corrected chi connectivity index (χ3v) is 5.55. The molecule has 0 aliphatic heterocycles. The maximum absolute atomic E-state index is 13.8. The van der Waals surface area contributed by atoms with Crippen molar-refractivity contribution in [2.45, 2.75) is 18.6 Å². The number of anilines is 1. The van der Waals surface area contributed by atoms with Crippen LogP contribution >= 0.6 is 11.8 Å². The largest absolute Gasteiger partial charge is 0.323 e. The zero-order chi connectivity index (χ0) is 21.1. The van der Waals surface area contributed by atoms with Crippen molar-refractivity contribution in [1.29, 1.82) is 0 Å². The lowest BCUT2D eigenvalue weighted by molar-refractivity contribution is -0.113. The fraction of sp³-hybridized carbons (Fsp3) is 0.130. The topological polar surface area (TPSA) is 46.9 Å². The lowest BCUT2D eigenvalue weighted by Gasteiger charge is -2.10. The van der Waals surface area contributed by atoms with Crippen LogP contribution in [-0.4, -0.2) is 21.2 Å². The lowest BCUT2D eigenvalue weighted by atomic mass is 10.1. The molecule has 0 radical (unpaired) electrons. The molecule has 0 aliphatic rings. The summed E-state index contributed by atoms with van der Waals surface area (Å²) in [6, 6.07) is 19.0.